The van der Waals surface area contributed by atoms with E-state index in [-0.39, 0.29) is 34.0 Å². The molecule has 106 valence electrons. The summed E-state index contributed by atoms with van der Waals surface area (Å²) >= 11 is 0. The van der Waals surface area contributed by atoms with Crippen LogP contribution < -0.4 is 0 Å². The van der Waals surface area contributed by atoms with Gasteiger partial charge in [0.1, 0.15) is 5.75 Å². The first kappa shape index (κ1) is 13.5. The zero-order valence-corrected chi connectivity index (χ0v) is 11.7. The molecule has 0 saturated heterocycles. The third-order valence-electron chi connectivity index (χ3n) is 3.68. The Labute approximate surface area is 121 Å². The van der Waals surface area contributed by atoms with Crippen LogP contribution in [0.5, 0.6) is 5.75 Å². The second-order valence-corrected chi connectivity index (χ2v) is 5.65. The van der Waals surface area contributed by atoms with Gasteiger partial charge in [0.25, 0.3) is 0 Å². The number of benzene rings is 2. The van der Waals surface area contributed by atoms with Crippen molar-refractivity contribution in [1.29, 1.82) is 0 Å². The SMILES string of the molecule is CC(C)(O)c1c(O)ccc2c1C(=O)c1ccccc1C2=O. The lowest BCUT2D eigenvalue weighted by Crippen LogP contribution is -2.27. The molecular weight excluding hydrogens is 268 g/mol. The maximum absolute atomic E-state index is 12.7. The van der Waals surface area contributed by atoms with E-state index in [1.54, 1.807) is 24.3 Å². The highest BCUT2D eigenvalue weighted by Gasteiger charge is 2.36. The monoisotopic (exact) mass is 282 g/mol. The van der Waals surface area contributed by atoms with Crippen LogP contribution in [0, 0.1) is 0 Å². The maximum atomic E-state index is 12.7. The molecule has 4 nitrogen and oxygen atoms in total. The molecule has 0 spiro atoms. The molecule has 0 aromatic heterocycles. The summed E-state index contributed by atoms with van der Waals surface area (Å²) in [4.78, 5) is 25.2. The molecule has 0 saturated carbocycles. The lowest BCUT2D eigenvalue weighted by molar-refractivity contribution is 0.0729. The van der Waals surface area contributed by atoms with Crippen molar-refractivity contribution in [1.82, 2.24) is 0 Å². The topological polar surface area (TPSA) is 74.6 Å². The van der Waals surface area contributed by atoms with Crippen molar-refractivity contribution < 1.29 is 19.8 Å². The van der Waals surface area contributed by atoms with Crippen molar-refractivity contribution in [3.8, 4) is 5.75 Å². The Morgan fingerprint density at radius 2 is 1.43 bits per heavy atom. The fourth-order valence-corrected chi connectivity index (χ4v) is 2.79. The maximum Gasteiger partial charge on any atom is 0.195 e. The molecule has 0 heterocycles. The summed E-state index contributed by atoms with van der Waals surface area (Å²) in [6.45, 7) is 2.95. The first-order valence-electron chi connectivity index (χ1n) is 6.59. The molecule has 21 heavy (non-hydrogen) atoms. The van der Waals surface area contributed by atoms with Crippen molar-refractivity contribution >= 4 is 11.6 Å². The average molecular weight is 282 g/mol. The number of fused-ring (bicyclic) bond motifs is 2. The fourth-order valence-electron chi connectivity index (χ4n) is 2.79. The quantitative estimate of drug-likeness (QED) is 0.718. The van der Waals surface area contributed by atoms with E-state index in [1.807, 2.05) is 0 Å². The molecule has 0 aliphatic heterocycles. The Bertz CT molecular complexity index is 782. The molecule has 2 N–H and O–H groups in total. The van der Waals surface area contributed by atoms with Crippen LogP contribution in [-0.4, -0.2) is 21.8 Å². The molecule has 0 bridgehead atoms. The number of aromatic hydroxyl groups is 1. The van der Waals surface area contributed by atoms with Gasteiger partial charge in [0.05, 0.1) is 5.60 Å². The number of rotatable bonds is 1. The Kier molecular flexibility index (Phi) is 2.75. The van der Waals surface area contributed by atoms with Gasteiger partial charge < -0.3 is 10.2 Å². The van der Waals surface area contributed by atoms with E-state index in [0.29, 0.717) is 11.1 Å². The summed E-state index contributed by atoms with van der Waals surface area (Å²) in [5, 5.41) is 20.3. The molecule has 0 unspecified atom stereocenters. The minimum absolute atomic E-state index is 0.0891. The van der Waals surface area contributed by atoms with E-state index in [0.717, 1.165) is 0 Å². The molecule has 2 aromatic carbocycles. The summed E-state index contributed by atoms with van der Waals surface area (Å²) < 4.78 is 0. The van der Waals surface area contributed by atoms with Crippen LogP contribution >= 0.6 is 0 Å². The zero-order valence-electron chi connectivity index (χ0n) is 11.7. The summed E-state index contributed by atoms with van der Waals surface area (Å²) in [6.07, 6.45) is 0. The number of ketones is 2. The summed E-state index contributed by atoms with van der Waals surface area (Å²) in [7, 11) is 0. The van der Waals surface area contributed by atoms with E-state index < -0.39 is 5.60 Å². The smallest absolute Gasteiger partial charge is 0.195 e. The van der Waals surface area contributed by atoms with Gasteiger partial charge in [-0.2, -0.15) is 0 Å². The first-order chi connectivity index (χ1) is 9.82. The molecule has 2 aromatic rings. The van der Waals surface area contributed by atoms with Gasteiger partial charge in [-0.15, -0.1) is 0 Å². The van der Waals surface area contributed by atoms with Gasteiger partial charge >= 0.3 is 0 Å². The van der Waals surface area contributed by atoms with Crippen LogP contribution in [0.1, 0.15) is 51.3 Å². The Morgan fingerprint density at radius 3 is 2.00 bits per heavy atom. The van der Waals surface area contributed by atoms with E-state index >= 15 is 0 Å². The summed E-state index contributed by atoms with van der Waals surface area (Å²) in [5.74, 6) is -0.819. The average Bonchev–Trinajstić information content (AvgIpc) is 2.43. The van der Waals surface area contributed by atoms with E-state index in [2.05, 4.69) is 0 Å². The number of carbonyl (C=O) groups is 2. The van der Waals surface area contributed by atoms with Crippen LogP contribution in [0.25, 0.3) is 0 Å². The molecule has 0 radical (unpaired) electrons. The highest BCUT2D eigenvalue weighted by Crippen LogP contribution is 2.38. The zero-order chi connectivity index (χ0) is 15.4. The molecular formula is C17H14O4. The van der Waals surface area contributed by atoms with Gasteiger partial charge in [-0.3, -0.25) is 9.59 Å². The van der Waals surface area contributed by atoms with Crippen molar-refractivity contribution in [3.05, 3.63) is 64.2 Å². The normalized spacial score (nSPS) is 13.9. The molecule has 1 aliphatic carbocycles. The second kappa shape index (κ2) is 4.27. The van der Waals surface area contributed by atoms with Crippen LogP contribution in [0.15, 0.2) is 36.4 Å². The van der Waals surface area contributed by atoms with Crippen molar-refractivity contribution in [2.75, 3.05) is 0 Å². The van der Waals surface area contributed by atoms with Crippen molar-refractivity contribution in [2.24, 2.45) is 0 Å². The molecule has 0 fully saturated rings. The number of carbonyl (C=O) groups excluding carboxylic acids is 2. The Morgan fingerprint density at radius 1 is 0.857 bits per heavy atom. The van der Waals surface area contributed by atoms with Gasteiger partial charge in [-0.1, -0.05) is 24.3 Å². The number of phenolic OH excluding ortho intramolecular Hbond substituents is 1. The first-order valence-corrected chi connectivity index (χ1v) is 6.59. The van der Waals surface area contributed by atoms with Crippen LogP contribution in [0.4, 0.5) is 0 Å². The number of phenols is 1. The number of hydrogen-bond donors (Lipinski definition) is 2. The van der Waals surface area contributed by atoms with Crippen LogP contribution in [0.3, 0.4) is 0 Å². The lowest BCUT2D eigenvalue weighted by atomic mass is 9.78. The van der Waals surface area contributed by atoms with Gasteiger partial charge in [0.2, 0.25) is 0 Å². The van der Waals surface area contributed by atoms with Crippen LogP contribution in [-0.2, 0) is 5.60 Å². The summed E-state index contributed by atoms with van der Waals surface area (Å²) in [6, 6.07) is 9.33. The largest absolute Gasteiger partial charge is 0.508 e. The third-order valence-corrected chi connectivity index (χ3v) is 3.68. The highest BCUT2D eigenvalue weighted by atomic mass is 16.3. The van der Waals surface area contributed by atoms with Crippen molar-refractivity contribution in [3.63, 3.8) is 0 Å². The van der Waals surface area contributed by atoms with Gasteiger partial charge in [0.15, 0.2) is 11.6 Å². The van der Waals surface area contributed by atoms with Gasteiger partial charge in [0, 0.05) is 27.8 Å². The standard InChI is InChI=1S/C17H14O4/c1-17(2,21)14-12(18)8-7-11-13(14)16(20)10-6-4-3-5-9(10)15(11)19/h3-8,18,21H,1-2H3. The minimum Gasteiger partial charge on any atom is -0.508 e. The molecule has 1 aliphatic rings. The van der Waals surface area contributed by atoms with E-state index in [4.69, 9.17) is 0 Å². The third kappa shape index (κ3) is 1.87. The van der Waals surface area contributed by atoms with Crippen molar-refractivity contribution in [2.45, 2.75) is 19.4 Å². The molecule has 4 heteroatoms. The number of hydrogen-bond acceptors (Lipinski definition) is 4. The summed E-state index contributed by atoms with van der Waals surface area (Å²) in [5.41, 5.74) is -0.390. The minimum atomic E-state index is -1.43. The van der Waals surface area contributed by atoms with Gasteiger partial charge in [-0.25, -0.2) is 0 Å². The van der Waals surface area contributed by atoms with E-state index in [9.17, 15) is 19.8 Å². The lowest BCUT2D eigenvalue weighted by Gasteiger charge is -2.26. The highest BCUT2D eigenvalue weighted by molar-refractivity contribution is 6.29. The van der Waals surface area contributed by atoms with Crippen LogP contribution in [0.2, 0.25) is 0 Å². The fraction of sp³-hybridized carbons (Fsp3) is 0.176. The molecule has 0 amide bonds. The van der Waals surface area contributed by atoms with E-state index in [1.165, 1.54) is 26.0 Å². The van der Waals surface area contributed by atoms with Gasteiger partial charge in [-0.05, 0) is 26.0 Å². The second-order valence-electron chi connectivity index (χ2n) is 5.65. The molecule has 0 atom stereocenters. The molecule has 3 rings (SSSR count). The number of aliphatic hydroxyl groups is 1. The predicted molar refractivity (Wildman–Crippen MR) is 76.7 cm³/mol. The Hall–Kier alpha value is -2.46. The predicted octanol–water partition coefficient (Wildman–Crippen LogP) is 2.40. The Balaban J connectivity index is 2.39.